The van der Waals surface area contributed by atoms with E-state index in [4.69, 9.17) is 4.74 Å². The zero-order valence-corrected chi connectivity index (χ0v) is 11.3. The summed E-state index contributed by atoms with van der Waals surface area (Å²) in [6, 6.07) is 0. The lowest BCUT2D eigenvalue weighted by molar-refractivity contribution is -0.145. The molecule has 6 atom stereocenters. The molecule has 0 aromatic heterocycles. The van der Waals surface area contributed by atoms with Gasteiger partial charge in [0.25, 0.3) is 0 Å². The molecular formula is C15H24O2. The third-order valence-electron chi connectivity index (χ3n) is 5.56. The number of carbonyl (C=O) groups excluding carboxylic acids is 1. The minimum atomic E-state index is 0.117. The molecule has 0 aromatic carbocycles. The van der Waals surface area contributed by atoms with Crippen LogP contribution in [0.5, 0.6) is 0 Å². The summed E-state index contributed by atoms with van der Waals surface area (Å²) in [5.41, 5.74) is 0. The molecule has 2 heteroatoms. The normalized spacial score (nSPS) is 48.0. The summed E-state index contributed by atoms with van der Waals surface area (Å²) >= 11 is 0. The lowest BCUT2D eigenvalue weighted by Crippen LogP contribution is -2.53. The van der Waals surface area contributed by atoms with Crippen LogP contribution in [0.4, 0.5) is 0 Å². The fourth-order valence-corrected chi connectivity index (χ4v) is 5.15. The van der Waals surface area contributed by atoms with Gasteiger partial charge in [-0.15, -0.1) is 0 Å². The monoisotopic (exact) mass is 236 g/mol. The summed E-state index contributed by atoms with van der Waals surface area (Å²) in [4.78, 5) is 12.1. The van der Waals surface area contributed by atoms with Crippen LogP contribution in [0.3, 0.4) is 0 Å². The van der Waals surface area contributed by atoms with Gasteiger partial charge in [-0.2, -0.15) is 0 Å². The quantitative estimate of drug-likeness (QED) is 0.689. The fourth-order valence-electron chi connectivity index (χ4n) is 5.15. The Kier molecular flexibility index (Phi) is 2.53. The van der Waals surface area contributed by atoms with E-state index in [9.17, 15) is 4.79 Å². The van der Waals surface area contributed by atoms with Crippen molar-refractivity contribution in [3.63, 3.8) is 0 Å². The van der Waals surface area contributed by atoms with Crippen LogP contribution in [0.15, 0.2) is 0 Å². The van der Waals surface area contributed by atoms with Crippen LogP contribution in [-0.2, 0) is 9.53 Å². The Morgan fingerprint density at radius 2 is 1.59 bits per heavy atom. The molecule has 0 aromatic rings. The van der Waals surface area contributed by atoms with Crippen molar-refractivity contribution in [1.29, 1.82) is 0 Å². The Morgan fingerprint density at radius 1 is 1.00 bits per heavy atom. The van der Waals surface area contributed by atoms with Crippen molar-refractivity contribution in [3.05, 3.63) is 0 Å². The van der Waals surface area contributed by atoms with Crippen molar-refractivity contribution in [2.75, 3.05) is 0 Å². The average molecular weight is 236 g/mol. The van der Waals surface area contributed by atoms with Gasteiger partial charge in [0.2, 0.25) is 0 Å². The van der Waals surface area contributed by atoms with Gasteiger partial charge in [-0.25, -0.2) is 0 Å². The molecule has 4 bridgehead atoms. The van der Waals surface area contributed by atoms with E-state index >= 15 is 0 Å². The molecular weight excluding hydrogens is 212 g/mol. The number of esters is 1. The second-order valence-electron chi connectivity index (χ2n) is 6.98. The molecule has 4 fully saturated rings. The number of rotatable bonds is 2. The molecule has 4 aliphatic rings. The first-order valence-corrected chi connectivity index (χ1v) is 7.23. The van der Waals surface area contributed by atoms with Gasteiger partial charge in [0, 0.05) is 11.8 Å². The molecule has 2 nitrogen and oxygen atoms in total. The zero-order chi connectivity index (χ0) is 12.3. The van der Waals surface area contributed by atoms with E-state index in [1.165, 1.54) is 12.8 Å². The number of ether oxygens (including phenoxy) is 1. The topological polar surface area (TPSA) is 26.3 Å². The molecule has 1 aliphatic heterocycles. The first-order valence-electron chi connectivity index (χ1n) is 7.23. The predicted octanol–water partition coefficient (Wildman–Crippen LogP) is 3.11. The Balaban J connectivity index is 2.01. The van der Waals surface area contributed by atoms with E-state index in [0.29, 0.717) is 29.6 Å². The number of fused-ring (bicyclic) bond motifs is 1. The molecule has 0 spiro atoms. The summed E-state index contributed by atoms with van der Waals surface area (Å²) in [6.07, 6.45) is 2.79. The molecule has 0 N–H and O–H groups in total. The maximum Gasteiger partial charge on any atom is 0.309 e. The predicted molar refractivity (Wildman–Crippen MR) is 66.2 cm³/mol. The smallest absolute Gasteiger partial charge is 0.309 e. The number of hydrogen-bond acceptors (Lipinski definition) is 2. The number of carbonyl (C=O) groups is 1. The minimum absolute atomic E-state index is 0.117. The molecule has 0 amide bonds. The molecule has 0 radical (unpaired) electrons. The van der Waals surface area contributed by atoms with Crippen LogP contribution in [0.1, 0.15) is 40.5 Å². The Bertz CT molecular complexity index is 334. The van der Waals surface area contributed by atoms with Crippen LogP contribution in [0, 0.1) is 41.4 Å². The van der Waals surface area contributed by atoms with Gasteiger partial charge in [0.05, 0.1) is 5.92 Å². The van der Waals surface area contributed by atoms with Crippen LogP contribution in [-0.4, -0.2) is 12.1 Å². The van der Waals surface area contributed by atoms with Crippen molar-refractivity contribution in [3.8, 4) is 0 Å². The molecule has 17 heavy (non-hydrogen) atoms. The third kappa shape index (κ3) is 1.42. The van der Waals surface area contributed by atoms with Gasteiger partial charge in [-0.05, 0) is 36.5 Å². The Hall–Kier alpha value is -0.530. The summed E-state index contributed by atoms with van der Waals surface area (Å²) in [5, 5.41) is 0. The van der Waals surface area contributed by atoms with Crippen molar-refractivity contribution in [1.82, 2.24) is 0 Å². The van der Waals surface area contributed by atoms with Crippen LogP contribution < -0.4 is 0 Å². The van der Waals surface area contributed by atoms with E-state index in [-0.39, 0.29) is 18.0 Å². The van der Waals surface area contributed by atoms with E-state index in [1.54, 1.807) is 0 Å². The second kappa shape index (κ2) is 3.73. The third-order valence-corrected chi connectivity index (χ3v) is 5.56. The first kappa shape index (κ1) is 11.6. The van der Waals surface area contributed by atoms with Crippen molar-refractivity contribution in [2.45, 2.75) is 46.6 Å². The van der Waals surface area contributed by atoms with Crippen LogP contribution >= 0.6 is 0 Å². The van der Waals surface area contributed by atoms with Crippen molar-refractivity contribution >= 4 is 5.97 Å². The SMILES string of the molecule is CC(C)C1C2CCC3C1OC(=O)C3C2C(C)C. The summed E-state index contributed by atoms with van der Waals surface area (Å²) in [6.45, 7) is 9.15. The van der Waals surface area contributed by atoms with Crippen molar-refractivity contribution < 1.29 is 9.53 Å². The number of hydrogen-bond donors (Lipinski definition) is 0. The highest BCUT2D eigenvalue weighted by molar-refractivity contribution is 5.76. The fraction of sp³-hybridized carbons (Fsp3) is 0.933. The standard InChI is InChI=1S/C15H24O2/c1-7(2)11-9-5-6-10-13(11)15(16)17-14(10)12(9)8(3)4/h7-14H,5-6H2,1-4H3. The Morgan fingerprint density at radius 3 is 2.18 bits per heavy atom. The van der Waals surface area contributed by atoms with Gasteiger partial charge in [-0.1, -0.05) is 27.7 Å². The van der Waals surface area contributed by atoms with Crippen LogP contribution in [0.2, 0.25) is 0 Å². The maximum absolute atomic E-state index is 12.1. The van der Waals surface area contributed by atoms with Crippen molar-refractivity contribution in [2.24, 2.45) is 41.4 Å². The van der Waals surface area contributed by atoms with Gasteiger partial charge < -0.3 is 4.74 Å². The molecule has 3 saturated carbocycles. The Labute approximate surface area is 104 Å². The molecule has 6 unspecified atom stereocenters. The maximum atomic E-state index is 12.1. The molecule has 4 rings (SSSR count). The van der Waals surface area contributed by atoms with Gasteiger partial charge in [0.1, 0.15) is 6.10 Å². The molecule has 1 saturated heterocycles. The molecule has 1 heterocycles. The summed E-state index contributed by atoms with van der Waals surface area (Å²) < 4.78 is 5.73. The van der Waals surface area contributed by atoms with E-state index in [2.05, 4.69) is 27.7 Å². The van der Waals surface area contributed by atoms with E-state index in [0.717, 1.165) is 5.92 Å². The highest BCUT2D eigenvalue weighted by Gasteiger charge is 2.63. The zero-order valence-electron chi connectivity index (χ0n) is 11.3. The van der Waals surface area contributed by atoms with Gasteiger partial charge in [-0.3, -0.25) is 4.79 Å². The lowest BCUT2D eigenvalue weighted by Gasteiger charge is -2.52. The summed E-state index contributed by atoms with van der Waals surface area (Å²) in [7, 11) is 0. The summed E-state index contributed by atoms with van der Waals surface area (Å²) in [5.74, 6) is 4.05. The molecule has 96 valence electrons. The van der Waals surface area contributed by atoms with E-state index < -0.39 is 0 Å². The first-order chi connectivity index (χ1) is 8.02. The van der Waals surface area contributed by atoms with Gasteiger partial charge in [0.15, 0.2) is 0 Å². The minimum Gasteiger partial charge on any atom is -0.461 e. The average Bonchev–Trinajstić information content (AvgIpc) is 2.52. The highest BCUT2D eigenvalue weighted by Crippen LogP contribution is 2.60. The largest absolute Gasteiger partial charge is 0.461 e. The molecule has 3 aliphatic carbocycles. The van der Waals surface area contributed by atoms with Gasteiger partial charge >= 0.3 is 5.97 Å². The second-order valence-corrected chi connectivity index (χ2v) is 6.98. The lowest BCUT2D eigenvalue weighted by atomic mass is 9.50. The van der Waals surface area contributed by atoms with E-state index in [1.807, 2.05) is 0 Å². The van der Waals surface area contributed by atoms with Crippen LogP contribution in [0.25, 0.3) is 0 Å². The highest BCUT2D eigenvalue weighted by atomic mass is 16.6.